The number of rotatable bonds is 7. The van der Waals surface area contributed by atoms with Gasteiger partial charge in [-0.1, -0.05) is 61.6 Å². The first-order valence-electron chi connectivity index (χ1n) is 12.8. The number of thiazole rings is 1. The SMILES string of the molecule is CCOC(=O)C1=C(c2ccccc2)N=c2s/c(=C/c3cc(C(C)C)c(OC)cc3C)c(=O)n2C1c1cccs1. The van der Waals surface area contributed by atoms with Gasteiger partial charge in [0.15, 0.2) is 4.80 Å². The molecule has 1 atom stereocenters. The molecule has 5 rings (SSSR count). The van der Waals surface area contributed by atoms with Crippen molar-refractivity contribution in [2.45, 2.75) is 39.7 Å². The second-order valence-corrected chi connectivity index (χ2v) is 11.5. The number of hydrogen-bond donors (Lipinski definition) is 0. The Morgan fingerprint density at radius 2 is 1.92 bits per heavy atom. The van der Waals surface area contributed by atoms with Crippen molar-refractivity contribution < 1.29 is 14.3 Å². The van der Waals surface area contributed by atoms with Crippen LogP contribution < -0.4 is 19.6 Å². The summed E-state index contributed by atoms with van der Waals surface area (Å²) in [5.74, 6) is 0.624. The van der Waals surface area contributed by atoms with Crippen LogP contribution in [0, 0.1) is 6.92 Å². The lowest BCUT2D eigenvalue weighted by molar-refractivity contribution is -0.138. The molecule has 2 aromatic heterocycles. The third kappa shape index (κ3) is 5.02. The second kappa shape index (κ2) is 11.2. The molecule has 1 aliphatic heterocycles. The molecular weight excluding hydrogens is 528 g/mol. The molecule has 0 N–H and O–H groups in total. The maximum atomic E-state index is 14.0. The van der Waals surface area contributed by atoms with Crippen LogP contribution in [0.2, 0.25) is 0 Å². The standard InChI is InChI=1S/C31H30N2O4S2/c1-6-37-30(35)26-27(20-11-8-7-9-12-20)32-31-33(28(26)24-13-10-14-38-24)29(34)25(39-31)17-21-16-22(18(2)3)23(36-5)15-19(21)4/h7-18,28H,6H2,1-5H3/b25-17+. The van der Waals surface area contributed by atoms with Gasteiger partial charge in [0, 0.05) is 10.4 Å². The highest BCUT2D eigenvalue weighted by Gasteiger charge is 2.35. The first-order valence-corrected chi connectivity index (χ1v) is 14.5. The highest BCUT2D eigenvalue weighted by atomic mass is 32.1. The minimum absolute atomic E-state index is 0.188. The lowest BCUT2D eigenvalue weighted by Crippen LogP contribution is -2.39. The van der Waals surface area contributed by atoms with E-state index in [0.29, 0.717) is 20.6 Å². The monoisotopic (exact) mass is 558 g/mol. The molecule has 4 aromatic rings. The van der Waals surface area contributed by atoms with Crippen LogP contribution in [0.3, 0.4) is 0 Å². The first kappa shape index (κ1) is 26.8. The zero-order chi connectivity index (χ0) is 27.7. The van der Waals surface area contributed by atoms with Crippen molar-refractivity contribution in [3.8, 4) is 5.75 Å². The fourth-order valence-corrected chi connectivity index (χ4v) is 6.61. The third-order valence-corrected chi connectivity index (χ3v) is 8.62. The van der Waals surface area contributed by atoms with Crippen molar-refractivity contribution in [3.05, 3.63) is 112 Å². The number of benzene rings is 2. The van der Waals surface area contributed by atoms with E-state index in [1.165, 1.54) is 22.7 Å². The van der Waals surface area contributed by atoms with Crippen LogP contribution in [0.15, 0.2) is 75.3 Å². The molecule has 0 radical (unpaired) electrons. The van der Waals surface area contributed by atoms with E-state index in [-0.39, 0.29) is 18.1 Å². The Balaban J connectivity index is 1.79. The number of ether oxygens (including phenoxy) is 2. The highest BCUT2D eigenvalue weighted by molar-refractivity contribution is 7.10. The minimum atomic E-state index is -0.638. The molecule has 6 nitrogen and oxygen atoms in total. The molecule has 0 saturated heterocycles. The molecule has 0 amide bonds. The van der Waals surface area contributed by atoms with E-state index in [4.69, 9.17) is 14.5 Å². The summed E-state index contributed by atoms with van der Waals surface area (Å²) >= 11 is 2.83. The van der Waals surface area contributed by atoms with Gasteiger partial charge < -0.3 is 9.47 Å². The largest absolute Gasteiger partial charge is 0.496 e. The van der Waals surface area contributed by atoms with E-state index in [0.717, 1.165) is 32.9 Å². The molecule has 0 spiro atoms. The van der Waals surface area contributed by atoms with Crippen LogP contribution in [0.1, 0.15) is 59.9 Å². The van der Waals surface area contributed by atoms with Crippen LogP contribution in [0.4, 0.5) is 0 Å². The van der Waals surface area contributed by atoms with Gasteiger partial charge in [0.2, 0.25) is 0 Å². The number of carbonyl (C=O) groups excluding carboxylic acids is 1. The minimum Gasteiger partial charge on any atom is -0.496 e. The van der Waals surface area contributed by atoms with Gasteiger partial charge in [0.1, 0.15) is 11.8 Å². The summed E-state index contributed by atoms with van der Waals surface area (Å²) in [6.07, 6.45) is 1.92. The second-order valence-electron chi connectivity index (χ2n) is 9.55. The number of thiophene rings is 1. The van der Waals surface area contributed by atoms with Gasteiger partial charge in [-0.05, 0) is 66.1 Å². The summed E-state index contributed by atoms with van der Waals surface area (Å²) in [4.78, 5) is 33.8. The maximum Gasteiger partial charge on any atom is 0.338 e. The van der Waals surface area contributed by atoms with Gasteiger partial charge in [0.25, 0.3) is 5.56 Å². The predicted octanol–water partition coefficient (Wildman–Crippen LogP) is 5.44. The van der Waals surface area contributed by atoms with Crippen LogP contribution in [0.5, 0.6) is 5.75 Å². The lowest BCUT2D eigenvalue weighted by Gasteiger charge is -2.24. The quantitative estimate of drug-likeness (QED) is 0.284. The van der Waals surface area contributed by atoms with E-state index in [2.05, 4.69) is 19.9 Å². The van der Waals surface area contributed by atoms with Crippen molar-refractivity contribution >= 4 is 40.4 Å². The first-order chi connectivity index (χ1) is 18.8. The number of methoxy groups -OCH3 is 1. The number of hydrogen-bond acceptors (Lipinski definition) is 7. The van der Waals surface area contributed by atoms with Crippen molar-refractivity contribution in [2.24, 2.45) is 4.99 Å². The molecule has 39 heavy (non-hydrogen) atoms. The zero-order valence-electron chi connectivity index (χ0n) is 22.6. The molecule has 8 heteroatoms. The van der Waals surface area contributed by atoms with E-state index in [1.807, 2.05) is 66.9 Å². The van der Waals surface area contributed by atoms with Crippen molar-refractivity contribution in [2.75, 3.05) is 13.7 Å². The average molecular weight is 559 g/mol. The molecule has 3 heterocycles. The zero-order valence-corrected chi connectivity index (χ0v) is 24.2. The van der Waals surface area contributed by atoms with Crippen molar-refractivity contribution in [3.63, 3.8) is 0 Å². The average Bonchev–Trinajstić information content (AvgIpc) is 3.57. The van der Waals surface area contributed by atoms with Gasteiger partial charge in [-0.15, -0.1) is 11.3 Å². The van der Waals surface area contributed by atoms with Gasteiger partial charge in [-0.3, -0.25) is 9.36 Å². The van der Waals surface area contributed by atoms with Crippen LogP contribution in [-0.2, 0) is 9.53 Å². The predicted molar refractivity (Wildman–Crippen MR) is 157 cm³/mol. The summed E-state index contributed by atoms with van der Waals surface area (Å²) in [6, 6.07) is 16.9. The van der Waals surface area contributed by atoms with Gasteiger partial charge in [0.05, 0.1) is 29.5 Å². The van der Waals surface area contributed by atoms with Gasteiger partial charge in [-0.25, -0.2) is 9.79 Å². The summed E-state index contributed by atoms with van der Waals surface area (Å²) in [7, 11) is 1.68. The van der Waals surface area contributed by atoms with Gasteiger partial charge >= 0.3 is 5.97 Å². The molecule has 0 bridgehead atoms. The Hall–Kier alpha value is -3.75. The number of nitrogens with zero attached hydrogens (tertiary/aromatic N) is 2. The Bertz CT molecular complexity index is 1730. The number of carbonyl (C=O) groups is 1. The summed E-state index contributed by atoms with van der Waals surface area (Å²) in [5, 5.41) is 1.95. The Labute approximate surface area is 235 Å². The number of aromatic nitrogens is 1. The Morgan fingerprint density at radius 3 is 2.56 bits per heavy atom. The van der Waals surface area contributed by atoms with Gasteiger partial charge in [-0.2, -0.15) is 0 Å². The van der Waals surface area contributed by atoms with E-state index < -0.39 is 12.0 Å². The fraction of sp³-hybridized carbons (Fsp3) is 0.258. The van der Waals surface area contributed by atoms with Crippen LogP contribution >= 0.6 is 22.7 Å². The van der Waals surface area contributed by atoms with Crippen LogP contribution in [-0.4, -0.2) is 24.3 Å². The molecule has 1 aliphatic rings. The molecule has 0 fully saturated rings. The van der Waals surface area contributed by atoms with Crippen molar-refractivity contribution in [1.29, 1.82) is 0 Å². The molecule has 0 saturated carbocycles. The smallest absolute Gasteiger partial charge is 0.338 e. The van der Waals surface area contributed by atoms with E-state index in [9.17, 15) is 9.59 Å². The summed E-state index contributed by atoms with van der Waals surface area (Å²) in [5.41, 5.74) is 4.55. The van der Waals surface area contributed by atoms with E-state index >= 15 is 0 Å². The number of aryl methyl sites for hydroxylation is 1. The van der Waals surface area contributed by atoms with E-state index in [1.54, 1.807) is 18.6 Å². The number of esters is 1. The molecule has 200 valence electrons. The topological polar surface area (TPSA) is 69.9 Å². The van der Waals surface area contributed by atoms with Crippen LogP contribution in [0.25, 0.3) is 11.8 Å². The molecular formula is C31H30N2O4S2. The third-order valence-electron chi connectivity index (χ3n) is 6.71. The number of fused-ring (bicyclic) bond motifs is 1. The summed E-state index contributed by atoms with van der Waals surface area (Å²) in [6.45, 7) is 8.25. The molecule has 1 unspecified atom stereocenters. The fourth-order valence-electron chi connectivity index (χ4n) is 4.80. The summed E-state index contributed by atoms with van der Waals surface area (Å²) < 4.78 is 13.3. The molecule has 2 aromatic carbocycles. The Kier molecular flexibility index (Phi) is 7.68. The Morgan fingerprint density at radius 1 is 1.15 bits per heavy atom. The lowest BCUT2D eigenvalue weighted by atomic mass is 9.96. The maximum absolute atomic E-state index is 14.0. The highest BCUT2D eigenvalue weighted by Crippen LogP contribution is 2.37. The molecule has 0 aliphatic carbocycles. The normalized spacial score (nSPS) is 15.3. The van der Waals surface area contributed by atoms with Crippen molar-refractivity contribution in [1.82, 2.24) is 4.57 Å².